The zero-order chi connectivity index (χ0) is 12.7. The number of hydrogen-bond acceptors (Lipinski definition) is 2. The normalized spacial score (nSPS) is 9.76. The third kappa shape index (κ3) is 5.06. The van der Waals surface area contributed by atoms with Crippen molar-refractivity contribution < 1.29 is 9.59 Å². The van der Waals surface area contributed by atoms with E-state index in [9.17, 15) is 9.59 Å². The average Bonchev–Trinajstić information content (AvgIpc) is 2.34. The van der Waals surface area contributed by atoms with Crippen LogP contribution in [0.3, 0.4) is 0 Å². The second-order valence-corrected chi connectivity index (χ2v) is 4.07. The first-order valence-corrected chi connectivity index (χ1v) is 5.91. The van der Waals surface area contributed by atoms with Gasteiger partial charge in [0, 0.05) is 24.0 Å². The van der Waals surface area contributed by atoms with Gasteiger partial charge < -0.3 is 10.6 Å². The van der Waals surface area contributed by atoms with Crippen LogP contribution in [0.1, 0.15) is 5.56 Å². The van der Waals surface area contributed by atoms with E-state index in [2.05, 4.69) is 10.6 Å². The highest BCUT2D eigenvalue weighted by Gasteiger charge is 2.11. The Labute approximate surface area is 109 Å². The molecule has 0 fully saturated rings. The summed E-state index contributed by atoms with van der Waals surface area (Å²) in [5.74, 6) is -1.08. The van der Waals surface area contributed by atoms with Crippen LogP contribution in [-0.4, -0.2) is 24.2 Å². The smallest absolute Gasteiger partial charge is 0.309 e. The van der Waals surface area contributed by atoms with E-state index in [-0.39, 0.29) is 19.0 Å². The van der Waals surface area contributed by atoms with Crippen molar-refractivity contribution in [2.75, 3.05) is 12.4 Å². The van der Waals surface area contributed by atoms with Gasteiger partial charge in [0.2, 0.25) is 0 Å². The third-order valence-electron chi connectivity index (χ3n) is 1.95. The quantitative estimate of drug-likeness (QED) is 0.643. The van der Waals surface area contributed by atoms with Gasteiger partial charge in [0.05, 0.1) is 0 Å². The summed E-state index contributed by atoms with van der Waals surface area (Å²) < 4.78 is 0. The van der Waals surface area contributed by atoms with E-state index >= 15 is 0 Å². The molecule has 2 N–H and O–H groups in total. The van der Waals surface area contributed by atoms with Gasteiger partial charge in [-0.15, -0.1) is 11.6 Å². The lowest BCUT2D eigenvalue weighted by Crippen LogP contribution is -2.40. The number of alkyl halides is 1. The second-order valence-electron chi connectivity index (χ2n) is 3.25. The number of nitrogens with one attached hydrogen (secondary N) is 2. The van der Waals surface area contributed by atoms with E-state index in [1.165, 1.54) is 0 Å². The van der Waals surface area contributed by atoms with E-state index in [1.807, 2.05) is 0 Å². The van der Waals surface area contributed by atoms with E-state index in [4.69, 9.17) is 23.2 Å². The Morgan fingerprint density at radius 2 is 1.65 bits per heavy atom. The fourth-order valence-electron chi connectivity index (χ4n) is 1.11. The van der Waals surface area contributed by atoms with E-state index in [1.54, 1.807) is 24.3 Å². The van der Waals surface area contributed by atoms with Gasteiger partial charge in [0.1, 0.15) is 0 Å². The van der Waals surface area contributed by atoms with Crippen LogP contribution in [-0.2, 0) is 16.1 Å². The van der Waals surface area contributed by atoms with Crippen molar-refractivity contribution in [2.45, 2.75) is 6.54 Å². The zero-order valence-corrected chi connectivity index (χ0v) is 10.5. The molecule has 6 heteroatoms. The molecule has 0 aromatic heterocycles. The maximum atomic E-state index is 11.3. The highest BCUT2D eigenvalue weighted by molar-refractivity contribution is 6.35. The van der Waals surface area contributed by atoms with Crippen molar-refractivity contribution in [3.05, 3.63) is 34.9 Å². The second kappa shape index (κ2) is 7.14. The maximum Gasteiger partial charge on any atom is 0.309 e. The molecule has 17 heavy (non-hydrogen) atoms. The molecule has 2 amide bonds. The molecule has 4 nitrogen and oxygen atoms in total. The summed E-state index contributed by atoms with van der Waals surface area (Å²) in [6.45, 7) is 0.555. The molecule has 1 aromatic rings. The lowest BCUT2D eigenvalue weighted by Gasteiger charge is -2.05. The minimum absolute atomic E-state index is 0.273. The Kier molecular flexibility index (Phi) is 5.80. The molecule has 0 bridgehead atoms. The van der Waals surface area contributed by atoms with E-state index in [0.717, 1.165) is 5.56 Å². The standard InChI is InChI=1S/C11H12Cl2N2O2/c12-5-6-14-10(16)11(17)15-7-8-1-3-9(13)4-2-8/h1-4H,5-7H2,(H,14,16)(H,15,17). The molecule has 92 valence electrons. The maximum absolute atomic E-state index is 11.3. The van der Waals surface area contributed by atoms with Crippen molar-refractivity contribution in [1.82, 2.24) is 10.6 Å². The summed E-state index contributed by atoms with van der Waals surface area (Å²) in [4.78, 5) is 22.5. The average molecular weight is 275 g/mol. The van der Waals surface area contributed by atoms with E-state index < -0.39 is 11.8 Å². The molecule has 0 heterocycles. The molecule has 0 spiro atoms. The molecule has 0 aliphatic carbocycles. The minimum Gasteiger partial charge on any atom is -0.347 e. The van der Waals surface area contributed by atoms with Crippen LogP contribution < -0.4 is 10.6 Å². The first-order valence-electron chi connectivity index (χ1n) is 5.00. The molecule has 0 atom stereocenters. The topological polar surface area (TPSA) is 58.2 Å². The first kappa shape index (κ1) is 13.8. The molecule has 0 aliphatic heterocycles. The fraction of sp³-hybridized carbons (Fsp3) is 0.273. The number of benzene rings is 1. The van der Waals surface area contributed by atoms with Crippen molar-refractivity contribution in [3.63, 3.8) is 0 Å². The Hall–Kier alpha value is -1.26. The third-order valence-corrected chi connectivity index (χ3v) is 2.39. The molecule has 1 rings (SSSR count). The number of rotatable bonds is 4. The number of carbonyl (C=O) groups excluding carboxylic acids is 2. The van der Waals surface area contributed by atoms with Gasteiger partial charge in [-0.25, -0.2) is 0 Å². The summed E-state index contributed by atoms with van der Waals surface area (Å²) in [5.41, 5.74) is 0.868. The van der Waals surface area contributed by atoms with Gasteiger partial charge in [0.15, 0.2) is 0 Å². The van der Waals surface area contributed by atoms with Crippen molar-refractivity contribution in [3.8, 4) is 0 Å². The van der Waals surface area contributed by atoms with Crippen LogP contribution in [0.25, 0.3) is 0 Å². The zero-order valence-electron chi connectivity index (χ0n) is 9.00. The summed E-state index contributed by atoms with van der Waals surface area (Å²) in [5, 5.41) is 5.49. The molecule has 0 saturated heterocycles. The number of hydrogen-bond donors (Lipinski definition) is 2. The summed E-state index contributed by atoms with van der Waals surface area (Å²) in [6.07, 6.45) is 0. The Morgan fingerprint density at radius 1 is 1.06 bits per heavy atom. The minimum atomic E-state index is -0.681. The summed E-state index contributed by atoms with van der Waals surface area (Å²) in [6, 6.07) is 6.99. The highest BCUT2D eigenvalue weighted by atomic mass is 35.5. The predicted molar refractivity (Wildman–Crippen MR) is 67.0 cm³/mol. The molecule has 1 aromatic carbocycles. The molecule has 0 aliphatic rings. The monoisotopic (exact) mass is 274 g/mol. The molecular weight excluding hydrogens is 263 g/mol. The molecule has 0 saturated carbocycles. The van der Waals surface area contributed by atoms with Gasteiger partial charge in [-0.3, -0.25) is 9.59 Å². The predicted octanol–water partition coefficient (Wildman–Crippen LogP) is 1.31. The summed E-state index contributed by atoms with van der Waals surface area (Å²) in [7, 11) is 0. The van der Waals surface area contributed by atoms with Gasteiger partial charge in [-0.1, -0.05) is 23.7 Å². The SMILES string of the molecule is O=C(NCCCl)C(=O)NCc1ccc(Cl)cc1. The first-order chi connectivity index (χ1) is 8.13. The number of carbonyl (C=O) groups is 2. The Morgan fingerprint density at radius 3 is 2.24 bits per heavy atom. The van der Waals surface area contributed by atoms with Crippen LogP contribution >= 0.6 is 23.2 Å². The van der Waals surface area contributed by atoms with Crippen molar-refractivity contribution in [1.29, 1.82) is 0 Å². The van der Waals surface area contributed by atoms with Crippen molar-refractivity contribution in [2.24, 2.45) is 0 Å². The van der Waals surface area contributed by atoms with Crippen LogP contribution in [0.5, 0.6) is 0 Å². The molecule has 0 unspecified atom stereocenters. The number of amides is 2. The van der Waals surface area contributed by atoms with Gasteiger partial charge in [-0.2, -0.15) is 0 Å². The highest BCUT2D eigenvalue weighted by Crippen LogP contribution is 2.08. The van der Waals surface area contributed by atoms with E-state index in [0.29, 0.717) is 5.02 Å². The van der Waals surface area contributed by atoms with Gasteiger partial charge >= 0.3 is 11.8 Å². The molecule has 0 radical (unpaired) electrons. The number of halogens is 2. The van der Waals surface area contributed by atoms with Crippen LogP contribution in [0.2, 0.25) is 5.02 Å². The lowest BCUT2D eigenvalue weighted by atomic mass is 10.2. The van der Waals surface area contributed by atoms with Crippen LogP contribution in [0, 0.1) is 0 Å². The fourth-order valence-corrected chi connectivity index (χ4v) is 1.33. The lowest BCUT2D eigenvalue weighted by molar-refractivity contribution is -0.139. The van der Waals surface area contributed by atoms with Crippen LogP contribution in [0.4, 0.5) is 0 Å². The largest absolute Gasteiger partial charge is 0.347 e. The summed E-state index contributed by atoms with van der Waals surface area (Å²) >= 11 is 11.1. The molecular formula is C11H12Cl2N2O2. The van der Waals surface area contributed by atoms with Crippen LogP contribution in [0.15, 0.2) is 24.3 Å². The van der Waals surface area contributed by atoms with Crippen molar-refractivity contribution >= 4 is 35.0 Å². The van der Waals surface area contributed by atoms with Gasteiger partial charge in [-0.05, 0) is 17.7 Å². The Balaban J connectivity index is 2.37. The Bertz CT molecular complexity index is 393. The van der Waals surface area contributed by atoms with Gasteiger partial charge in [0.25, 0.3) is 0 Å².